The Labute approximate surface area is 144 Å². The molecule has 122 valence electrons. The van der Waals surface area contributed by atoms with Crippen LogP contribution in [0.5, 0.6) is 0 Å². The second-order valence-electron chi connectivity index (χ2n) is 6.84. The number of fused-ring (bicyclic) bond motifs is 2. The molecule has 2 nitrogen and oxygen atoms in total. The van der Waals surface area contributed by atoms with E-state index in [-0.39, 0.29) is 0 Å². The van der Waals surface area contributed by atoms with Gasteiger partial charge in [0.1, 0.15) is 0 Å². The molecular formula is C22H24N2. The van der Waals surface area contributed by atoms with Crippen molar-refractivity contribution in [2.75, 3.05) is 10.2 Å². The lowest BCUT2D eigenvalue weighted by Gasteiger charge is -2.39. The number of piperidine rings is 1. The van der Waals surface area contributed by atoms with Crippen LogP contribution < -0.4 is 10.2 Å². The first-order valence-electron chi connectivity index (χ1n) is 8.82. The first-order chi connectivity index (χ1) is 11.7. The van der Waals surface area contributed by atoms with Gasteiger partial charge in [-0.3, -0.25) is 0 Å². The number of rotatable bonds is 3. The smallest absolute Gasteiger partial charge is 0.0455 e. The maximum absolute atomic E-state index is 3.67. The Hall–Kier alpha value is -2.48. The molecule has 2 aromatic carbocycles. The molecule has 2 heteroatoms. The molecule has 24 heavy (non-hydrogen) atoms. The van der Waals surface area contributed by atoms with Crippen LogP contribution in [-0.2, 0) is 0 Å². The molecule has 0 aliphatic carbocycles. The third-order valence-corrected chi connectivity index (χ3v) is 4.93. The summed E-state index contributed by atoms with van der Waals surface area (Å²) in [6, 6.07) is 17.5. The Morgan fingerprint density at radius 1 is 0.833 bits per heavy atom. The Kier molecular flexibility index (Phi) is 3.89. The van der Waals surface area contributed by atoms with Crippen molar-refractivity contribution >= 4 is 11.4 Å². The Bertz CT molecular complexity index is 795. The molecule has 0 spiro atoms. The van der Waals surface area contributed by atoms with Crippen molar-refractivity contribution in [2.45, 2.75) is 39.5 Å². The second-order valence-corrected chi connectivity index (χ2v) is 6.84. The van der Waals surface area contributed by atoms with E-state index in [9.17, 15) is 0 Å². The first-order valence-corrected chi connectivity index (χ1v) is 8.82. The van der Waals surface area contributed by atoms with E-state index < -0.39 is 0 Å². The highest BCUT2D eigenvalue weighted by Crippen LogP contribution is 2.40. The molecule has 2 bridgehead atoms. The fraction of sp³-hybridized carbons (Fsp3) is 0.273. The summed E-state index contributed by atoms with van der Waals surface area (Å²) < 4.78 is 0. The van der Waals surface area contributed by atoms with Gasteiger partial charge in [-0.2, -0.15) is 0 Å². The molecule has 1 saturated heterocycles. The zero-order valence-corrected chi connectivity index (χ0v) is 14.5. The minimum atomic E-state index is 1.00. The summed E-state index contributed by atoms with van der Waals surface area (Å²) in [5.41, 5.74) is 9.28. The lowest BCUT2D eigenvalue weighted by atomic mass is 9.95. The van der Waals surface area contributed by atoms with Crippen LogP contribution in [0.1, 0.15) is 36.8 Å². The number of nitrogens with zero attached hydrogens (tertiary/aromatic N) is 1. The third kappa shape index (κ3) is 2.84. The Morgan fingerprint density at radius 3 is 2.21 bits per heavy atom. The number of hydrogen-bond donors (Lipinski definition) is 1. The normalized spacial score (nSPS) is 16.9. The summed E-state index contributed by atoms with van der Waals surface area (Å²) in [6.45, 7) is 4.27. The highest BCUT2D eigenvalue weighted by molar-refractivity contribution is 5.64. The maximum Gasteiger partial charge on any atom is 0.0455 e. The van der Waals surface area contributed by atoms with Crippen LogP contribution in [0.15, 0.2) is 71.7 Å². The van der Waals surface area contributed by atoms with Gasteiger partial charge in [0.25, 0.3) is 0 Å². The fourth-order valence-electron chi connectivity index (χ4n) is 3.60. The molecular weight excluding hydrogens is 292 g/mol. The van der Waals surface area contributed by atoms with Crippen molar-refractivity contribution in [1.82, 2.24) is 0 Å². The van der Waals surface area contributed by atoms with Gasteiger partial charge in [0.15, 0.2) is 0 Å². The van der Waals surface area contributed by atoms with Gasteiger partial charge >= 0.3 is 0 Å². The largest absolute Gasteiger partial charge is 0.357 e. The monoisotopic (exact) mass is 316 g/mol. The number of aryl methyl sites for hydroxylation is 2. The fourth-order valence-corrected chi connectivity index (χ4v) is 3.60. The van der Waals surface area contributed by atoms with Gasteiger partial charge in [-0.05, 0) is 57.4 Å². The van der Waals surface area contributed by atoms with E-state index in [2.05, 4.69) is 78.7 Å². The minimum Gasteiger partial charge on any atom is -0.357 e. The number of hydrogen-bond acceptors (Lipinski definition) is 2. The van der Waals surface area contributed by atoms with Gasteiger partial charge in [0.05, 0.1) is 0 Å². The van der Waals surface area contributed by atoms with Crippen LogP contribution in [-0.4, -0.2) is 0 Å². The van der Waals surface area contributed by atoms with Crippen molar-refractivity contribution in [1.29, 1.82) is 0 Å². The average molecular weight is 316 g/mol. The molecule has 4 rings (SSSR count). The molecule has 0 atom stereocenters. The topological polar surface area (TPSA) is 15.3 Å². The molecule has 0 aromatic heterocycles. The van der Waals surface area contributed by atoms with E-state index in [0.717, 1.165) is 12.8 Å². The summed E-state index contributed by atoms with van der Waals surface area (Å²) >= 11 is 0. The molecule has 2 heterocycles. The number of benzene rings is 2. The summed E-state index contributed by atoms with van der Waals surface area (Å²) in [7, 11) is 0. The first kappa shape index (κ1) is 15.1. The quantitative estimate of drug-likeness (QED) is 0.757. The number of anilines is 2. The highest BCUT2D eigenvalue weighted by atomic mass is 15.2. The molecule has 2 aromatic rings. The predicted molar refractivity (Wildman–Crippen MR) is 102 cm³/mol. The van der Waals surface area contributed by atoms with E-state index in [1.807, 2.05) is 0 Å². The van der Waals surface area contributed by atoms with Crippen molar-refractivity contribution in [3.8, 4) is 0 Å². The van der Waals surface area contributed by atoms with E-state index >= 15 is 0 Å². The van der Waals surface area contributed by atoms with Crippen molar-refractivity contribution in [3.63, 3.8) is 0 Å². The van der Waals surface area contributed by atoms with Gasteiger partial charge in [0, 0.05) is 34.9 Å². The zero-order valence-electron chi connectivity index (χ0n) is 14.5. The number of nitrogens with one attached hydrogen (secondary N) is 1. The van der Waals surface area contributed by atoms with Gasteiger partial charge in [-0.25, -0.2) is 0 Å². The van der Waals surface area contributed by atoms with Crippen LogP contribution in [0.25, 0.3) is 0 Å². The van der Waals surface area contributed by atoms with Crippen LogP contribution >= 0.6 is 0 Å². The second kappa shape index (κ2) is 6.20. The molecule has 0 radical (unpaired) electrons. The number of allylic oxidation sites excluding steroid dienone is 3. The lowest BCUT2D eigenvalue weighted by Crippen LogP contribution is -2.31. The highest BCUT2D eigenvalue weighted by Gasteiger charge is 2.27. The van der Waals surface area contributed by atoms with Crippen LogP contribution in [0.4, 0.5) is 11.4 Å². The minimum absolute atomic E-state index is 1.00. The van der Waals surface area contributed by atoms with Crippen LogP contribution in [0.3, 0.4) is 0 Å². The SMILES string of the molecule is Cc1ccc(NC2=C3CCCC(=CC2)N3c2ccc(C)cc2)cc1. The molecule has 1 N–H and O–H groups in total. The molecule has 0 saturated carbocycles. The van der Waals surface area contributed by atoms with Crippen LogP contribution in [0, 0.1) is 13.8 Å². The maximum atomic E-state index is 3.67. The third-order valence-electron chi connectivity index (χ3n) is 4.93. The Morgan fingerprint density at radius 2 is 1.50 bits per heavy atom. The molecule has 1 fully saturated rings. The molecule has 2 aliphatic heterocycles. The van der Waals surface area contributed by atoms with E-state index in [0.29, 0.717) is 0 Å². The summed E-state index contributed by atoms with van der Waals surface area (Å²) in [4.78, 5) is 2.46. The van der Waals surface area contributed by atoms with Crippen molar-refractivity contribution < 1.29 is 0 Å². The predicted octanol–water partition coefficient (Wildman–Crippen LogP) is 5.91. The van der Waals surface area contributed by atoms with Crippen molar-refractivity contribution in [3.05, 3.63) is 82.8 Å². The van der Waals surface area contributed by atoms with Gasteiger partial charge in [-0.1, -0.05) is 41.5 Å². The lowest BCUT2D eigenvalue weighted by molar-refractivity contribution is 0.679. The van der Waals surface area contributed by atoms with Crippen LogP contribution in [0.2, 0.25) is 0 Å². The van der Waals surface area contributed by atoms with Gasteiger partial charge < -0.3 is 10.2 Å². The van der Waals surface area contributed by atoms with Gasteiger partial charge in [-0.15, -0.1) is 0 Å². The van der Waals surface area contributed by atoms with E-state index in [1.165, 1.54) is 52.4 Å². The Balaban J connectivity index is 1.69. The van der Waals surface area contributed by atoms with Gasteiger partial charge in [0.2, 0.25) is 0 Å². The average Bonchev–Trinajstić information content (AvgIpc) is 2.60. The van der Waals surface area contributed by atoms with Crippen molar-refractivity contribution in [2.24, 2.45) is 0 Å². The molecule has 0 amide bonds. The molecule has 0 unspecified atom stereocenters. The van der Waals surface area contributed by atoms with E-state index in [4.69, 9.17) is 0 Å². The summed E-state index contributed by atoms with van der Waals surface area (Å²) in [5.74, 6) is 0. The zero-order chi connectivity index (χ0) is 16.5. The standard InChI is InChI=1S/C22H24N2/c1-16-6-10-18(11-7-16)23-21-15-14-19-4-3-5-22(21)24(19)20-12-8-17(2)9-13-20/h6-14,23H,3-5,15H2,1-2H3. The molecule has 2 aliphatic rings. The summed E-state index contributed by atoms with van der Waals surface area (Å²) in [5, 5.41) is 3.67. The van der Waals surface area contributed by atoms with E-state index in [1.54, 1.807) is 0 Å². The summed E-state index contributed by atoms with van der Waals surface area (Å²) in [6.07, 6.45) is 6.94.